The molecule has 0 atom stereocenters. The molecule has 1 aliphatic rings. The second-order valence-electron chi connectivity index (χ2n) is 7.09. The molecule has 1 fully saturated rings. The van der Waals surface area contributed by atoms with E-state index in [0.717, 1.165) is 45.7 Å². The largest absolute Gasteiger partial charge is 0.494 e. The molecular formula is C23H24N4O2. The normalized spacial score (nSPS) is 14.6. The van der Waals surface area contributed by atoms with Crippen molar-refractivity contribution in [2.45, 2.75) is 33.1 Å². The van der Waals surface area contributed by atoms with Gasteiger partial charge in [0.25, 0.3) is 0 Å². The van der Waals surface area contributed by atoms with Gasteiger partial charge in [-0.15, -0.1) is 0 Å². The van der Waals surface area contributed by atoms with Gasteiger partial charge in [0, 0.05) is 42.7 Å². The van der Waals surface area contributed by atoms with E-state index in [0.29, 0.717) is 26.0 Å². The smallest absolute Gasteiger partial charge is 0.242 e. The molecule has 1 saturated heterocycles. The summed E-state index contributed by atoms with van der Waals surface area (Å²) in [6.07, 6.45) is 3.76. The molecule has 29 heavy (non-hydrogen) atoms. The van der Waals surface area contributed by atoms with Crippen LogP contribution in [0.2, 0.25) is 0 Å². The molecule has 3 aromatic rings. The van der Waals surface area contributed by atoms with Crippen molar-refractivity contribution in [1.82, 2.24) is 15.0 Å². The first-order valence-electron chi connectivity index (χ1n) is 9.96. The Morgan fingerprint density at radius 1 is 1.24 bits per heavy atom. The Labute approximate surface area is 170 Å². The summed E-state index contributed by atoms with van der Waals surface area (Å²) in [7, 11) is 0. The Hall–Kier alpha value is -3.28. The molecule has 4 rings (SSSR count). The number of carbonyl (C=O) groups excluding carboxylic acids is 1. The van der Waals surface area contributed by atoms with Crippen LogP contribution in [0.5, 0.6) is 5.75 Å². The van der Waals surface area contributed by atoms with E-state index in [-0.39, 0.29) is 5.91 Å². The zero-order chi connectivity index (χ0) is 20.2. The third-order valence-corrected chi connectivity index (χ3v) is 4.95. The quantitative estimate of drug-likeness (QED) is 0.601. The van der Waals surface area contributed by atoms with Gasteiger partial charge >= 0.3 is 0 Å². The molecule has 1 aromatic carbocycles. The van der Waals surface area contributed by atoms with Crippen molar-refractivity contribution in [1.29, 1.82) is 0 Å². The number of fused-ring (bicyclic) bond motifs is 1. The SMILES string of the molecule is CCOc1ccc2c(C/C(=N/N3CCCC3=O)c3cccc(C)n3)ccnc2c1. The van der Waals surface area contributed by atoms with E-state index >= 15 is 0 Å². The fourth-order valence-corrected chi connectivity index (χ4v) is 3.54. The first-order valence-corrected chi connectivity index (χ1v) is 9.96. The van der Waals surface area contributed by atoms with E-state index in [9.17, 15) is 4.79 Å². The summed E-state index contributed by atoms with van der Waals surface area (Å²) < 4.78 is 5.60. The van der Waals surface area contributed by atoms with Crippen LogP contribution in [0.1, 0.15) is 36.7 Å². The molecule has 0 unspecified atom stereocenters. The molecule has 0 radical (unpaired) electrons. The fraction of sp³-hybridized carbons (Fsp3) is 0.304. The number of aryl methyl sites for hydroxylation is 1. The zero-order valence-electron chi connectivity index (χ0n) is 16.8. The van der Waals surface area contributed by atoms with Crippen LogP contribution in [0.3, 0.4) is 0 Å². The summed E-state index contributed by atoms with van der Waals surface area (Å²) in [5.74, 6) is 0.873. The molecule has 2 aromatic heterocycles. The predicted molar refractivity (Wildman–Crippen MR) is 113 cm³/mol. The minimum Gasteiger partial charge on any atom is -0.494 e. The van der Waals surface area contributed by atoms with Gasteiger partial charge in [-0.25, -0.2) is 5.01 Å². The van der Waals surface area contributed by atoms with Crippen molar-refractivity contribution in [2.24, 2.45) is 5.10 Å². The number of pyridine rings is 2. The molecule has 148 valence electrons. The first-order chi connectivity index (χ1) is 14.1. The van der Waals surface area contributed by atoms with Crippen molar-refractivity contribution in [3.8, 4) is 5.75 Å². The minimum absolute atomic E-state index is 0.0658. The molecule has 1 aliphatic heterocycles. The fourth-order valence-electron chi connectivity index (χ4n) is 3.54. The lowest BCUT2D eigenvalue weighted by molar-refractivity contribution is -0.127. The van der Waals surface area contributed by atoms with E-state index in [1.807, 2.05) is 56.3 Å². The van der Waals surface area contributed by atoms with E-state index in [4.69, 9.17) is 9.84 Å². The Balaban J connectivity index is 1.74. The summed E-state index contributed by atoms with van der Waals surface area (Å²) in [5.41, 5.74) is 4.46. The van der Waals surface area contributed by atoms with Gasteiger partial charge in [-0.2, -0.15) is 5.10 Å². The summed E-state index contributed by atoms with van der Waals surface area (Å²) in [6, 6.07) is 13.8. The number of rotatable bonds is 6. The van der Waals surface area contributed by atoms with Gasteiger partial charge in [-0.1, -0.05) is 6.07 Å². The minimum atomic E-state index is 0.0658. The van der Waals surface area contributed by atoms with Crippen LogP contribution in [0.25, 0.3) is 10.9 Å². The zero-order valence-corrected chi connectivity index (χ0v) is 16.8. The van der Waals surface area contributed by atoms with Crippen LogP contribution in [-0.4, -0.2) is 39.7 Å². The van der Waals surface area contributed by atoms with Crippen LogP contribution in [0.4, 0.5) is 0 Å². The Morgan fingerprint density at radius 3 is 2.90 bits per heavy atom. The number of amides is 1. The van der Waals surface area contributed by atoms with Gasteiger partial charge < -0.3 is 4.74 Å². The Morgan fingerprint density at radius 2 is 2.14 bits per heavy atom. The Bertz CT molecular complexity index is 1080. The third kappa shape index (κ3) is 4.26. The Kier molecular flexibility index (Phi) is 5.51. The average molecular weight is 388 g/mol. The summed E-state index contributed by atoms with van der Waals surface area (Å²) in [5, 5.41) is 7.33. The van der Waals surface area contributed by atoms with Gasteiger partial charge in [0.05, 0.1) is 23.5 Å². The van der Waals surface area contributed by atoms with E-state index in [2.05, 4.69) is 9.97 Å². The second-order valence-corrected chi connectivity index (χ2v) is 7.09. The highest BCUT2D eigenvalue weighted by atomic mass is 16.5. The lowest BCUT2D eigenvalue weighted by Crippen LogP contribution is -2.22. The molecule has 1 amide bonds. The molecule has 3 heterocycles. The van der Waals surface area contributed by atoms with Crippen molar-refractivity contribution in [3.63, 3.8) is 0 Å². The highest BCUT2D eigenvalue weighted by Crippen LogP contribution is 2.24. The van der Waals surface area contributed by atoms with Crippen molar-refractivity contribution >= 4 is 22.5 Å². The number of hydrazone groups is 1. The van der Waals surface area contributed by atoms with Gasteiger partial charge in [-0.3, -0.25) is 14.8 Å². The predicted octanol–water partition coefficient (Wildman–Crippen LogP) is 3.91. The number of hydrogen-bond acceptors (Lipinski definition) is 5. The van der Waals surface area contributed by atoms with E-state index in [1.165, 1.54) is 0 Å². The topological polar surface area (TPSA) is 67.7 Å². The standard InChI is InChI=1S/C23H24N4O2/c1-3-29-18-9-10-19-17(11-12-24-21(19)15-18)14-22(20-7-4-6-16(2)25-20)26-27-13-5-8-23(27)28/h4,6-7,9-12,15H,3,5,8,13-14H2,1-2H3/b26-22-. The maximum absolute atomic E-state index is 12.1. The maximum atomic E-state index is 12.1. The molecule has 0 spiro atoms. The number of hydrogen-bond donors (Lipinski definition) is 0. The molecule has 0 bridgehead atoms. The molecular weight excluding hydrogens is 364 g/mol. The number of aromatic nitrogens is 2. The monoisotopic (exact) mass is 388 g/mol. The van der Waals surface area contributed by atoms with E-state index in [1.54, 1.807) is 11.2 Å². The highest BCUT2D eigenvalue weighted by Gasteiger charge is 2.21. The maximum Gasteiger partial charge on any atom is 0.242 e. The van der Waals surface area contributed by atoms with Crippen LogP contribution in [0, 0.1) is 6.92 Å². The molecule has 0 aliphatic carbocycles. The molecule has 6 heteroatoms. The van der Waals surface area contributed by atoms with Crippen LogP contribution in [0.15, 0.2) is 53.8 Å². The average Bonchev–Trinajstić information content (AvgIpc) is 3.12. The second kappa shape index (κ2) is 8.39. The molecule has 6 nitrogen and oxygen atoms in total. The van der Waals surface area contributed by atoms with Crippen LogP contribution >= 0.6 is 0 Å². The number of nitrogens with zero attached hydrogens (tertiary/aromatic N) is 4. The number of benzene rings is 1. The van der Waals surface area contributed by atoms with Crippen LogP contribution in [-0.2, 0) is 11.2 Å². The van der Waals surface area contributed by atoms with Crippen molar-refractivity contribution in [3.05, 3.63) is 65.6 Å². The number of ether oxygens (including phenoxy) is 1. The first kappa shape index (κ1) is 19.1. The molecule has 0 N–H and O–H groups in total. The lowest BCUT2D eigenvalue weighted by Gasteiger charge is -2.14. The van der Waals surface area contributed by atoms with Crippen molar-refractivity contribution < 1.29 is 9.53 Å². The number of carbonyl (C=O) groups is 1. The van der Waals surface area contributed by atoms with Crippen LogP contribution < -0.4 is 4.74 Å². The van der Waals surface area contributed by atoms with Gasteiger partial charge in [-0.05, 0) is 56.2 Å². The summed E-state index contributed by atoms with van der Waals surface area (Å²) >= 11 is 0. The molecule has 0 saturated carbocycles. The van der Waals surface area contributed by atoms with Gasteiger partial charge in [0.1, 0.15) is 5.75 Å². The van der Waals surface area contributed by atoms with E-state index < -0.39 is 0 Å². The van der Waals surface area contributed by atoms with Crippen molar-refractivity contribution in [2.75, 3.05) is 13.2 Å². The summed E-state index contributed by atoms with van der Waals surface area (Å²) in [6.45, 7) is 5.19. The highest BCUT2D eigenvalue weighted by molar-refractivity contribution is 6.02. The van der Waals surface area contributed by atoms with Gasteiger partial charge in [0.2, 0.25) is 5.91 Å². The van der Waals surface area contributed by atoms with Gasteiger partial charge in [0.15, 0.2) is 0 Å². The third-order valence-electron chi connectivity index (χ3n) is 4.95. The lowest BCUT2D eigenvalue weighted by atomic mass is 10.0. The summed E-state index contributed by atoms with van der Waals surface area (Å²) in [4.78, 5) is 21.3.